The van der Waals surface area contributed by atoms with Crippen LogP contribution in [-0.4, -0.2) is 84.8 Å². The van der Waals surface area contributed by atoms with Crippen LogP contribution in [0.4, 0.5) is 24.2 Å². The van der Waals surface area contributed by atoms with E-state index >= 15 is 0 Å². The monoisotopic (exact) mass is 479 g/mol. The van der Waals surface area contributed by atoms with Gasteiger partial charge < -0.3 is 14.5 Å². The highest BCUT2D eigenvalue weighted by atomic mass is 19.3. The van der Waals surface area contributed by atoms with E-state index in [1.165, 1.54) is 22.2 Å². The van der Waals surface area contributed by atoms with Gasteiger partial charge in [-0.25, -0.2) is 37.9 Å². The van der Waals surface area contributed by atoms with Crippen molar-refractivity contribution in [3.63, 3.8) is 0 Å². The highest BCUT2D eigenvalue weighted by molar-refractivity contribution is 6.23. The Morgan fingerprint density at radius 2 is 1.88 bits per heavy atom. The van der Waals surface area contributed by atoms with Crippen LogP contribution >= 0.6 is 0 Å². The number of ether oxygens (including phenoxy) is 1. The highest BCUT2D eigenvalue weighted by Gasteiger charge is 2.58. The summed E-state index contributed by atoms with van der Waals surface area (Å²) in [6, 6.07) is -0.563. The second kappa shape index (κ2) is 8.44. The smallest absolute Gasteiger partial charge is 0.410 e. The minimum Gasteiger partial charge on any atom is -0.444 e. The van der Waals surface area contributed by atoms with Gasteiger partial charge in [-0.1, -0.05) is 0 Å². The molecule has 0 radical (unpaired) electrons. The number of piperidine rings is 1. The Bertz CT molecular complexity index is 1120. The molecule has 0 N–H and O–H groups in total. The molecule has 0 aromatic carbocycles. The number of hydrogen-bond acceptors (Lipinski definition) is 7. The van der Waals surface area contributed by atoms with Gasteiger partial charge in [-0.05, 0) is 40.5 Å². The number of halogens is 2. The minimum absolute atomic E-state index is 0.0524. The number of alkyl halides is 2. The van der Waals surface area contributed by atoms with Crippen molar-refractivity contribution >= 4 is 35.0 Å². The van der Waals surface area contributed by atoms with Crippen molar-refractivity contribution in [2.24, 2.45) is 0 Å². The third-order valence-electron chi connectivity index (χ3n) is 5.97. The number of hydrogen-bond donors (Lipinski definition) is 0. The molecule has 2 aliphatic rings. The summed E-state index contributed by atoms with van der Waals surface area (Å²) >= 11 is 0. The van der Waals surface area contributed by atoms with Crippen LogP contribution in [0.3, 0.4) is 0 Å². The van der Waals surface area contributed by atoms with Crippen molar-refractivity contribution < 1.29 is 27.9 Å². The SMILES string of the molecule is CCN1C(=O)N(c2cnc3cnn(CC(F)F)c3n2)C(=O)C12CCN(C(=O)OC(C)(C)C)CC2. The van der Waals surface area contributed by atoms with Crippen LogP contribution in [0.25, 0.3) is 11.2 Å². The topological polar surface area (TPSA) is 114 Å². The summed E-state index contributed by atoms with van der Waals surface area (Å²) in [4.78, 5) is 51.7. The maximum absolute atomic E-state index is 13.6. The maximum Gasteiger partial charge on any atom is 0.410 e. The Balaban J connectivity index is 1.61. The first kappa shape index (κ1) is 23.8. The van der Waals surface area contributed by atoms with Gasteiger partial charge >= 0.3 is 12.1 Å². The number of carbonyl (C=O) groups excluding carboxylic acids is 3. The number of fused-ring (bicyclic) bond motifs is 1. The Labute approximate surface area is 194 Å². The standard InChI is InChI=1S/C21H27F2N7O4/c1-5-28-18(32)30(15-11-24-13-10-25-29(12-14(22)23)16(13)26-15)17(31)21(28)6-8-27(9-7-21)19(33)34-20(2,3)4/h10-11,14H,5-9,12H2,1-4H3. The van der Waals surface area contributed by atoms with Crippen molar-refractivity contribution in [3.05, 3.63) is 12.4 Å². The molecule has 13 heteroatoms. The number of carbonyl (C=O) groups is 3. The number of anilines is 1. The van der Waals surface area contributed by atoms with E-state index in [1.807, 2.05) is 0 Å². The summed E-state index contributed by atoms with van der Waals surface area (Å²) in [6.07, 6.45) is -0.0932. The van der Waals surface area contributed by atoms with Crippen molar-refractivity contribution in [2.45, 2.75) is 64.6 Å². The zero-order valence-corrected chi connectivity index (χ0v) is 19.5. The van der Waals surface area contributed by atoms with Crippen molar-refractivity contribution in [3.8, 4) is 0 Å². The second-order valence-corrected chi connectivity index (χ2v) is 9.32. The summed E-state index contributed by atoms with van der Waals surface area (Å²) in [5.74, 6) is -0.528. The molecule has 2 aromatic rings. The average Bonchev–Trinajstić information content (AvgIpc) is 3.23. The molecule has 1 spiro atoms. The van der Waals surface area contributed by atoms with Gasteiger partial charge in [0.2, 0.25) is 0 Å². The van der Waals surface area contributed by atoms with E-state index in [1.54, 1.807) is 27.7 Å². The summed E-state index contributed by atoms with van der Waals surface area (Å²) in [5, 5.41) is 3.87. The van der Waals surface area contributed by atoms with Crippen LogP contribution in [0, 0.1) is 0 Å². The second-order valence-electron chi connectivity index (χ2n) is 9.32. The third-order valence-corrected chi connectivity index (χ3v) is 5.97. The van der Waals surface area contributed by atoms with Crippen LogP contribution in [0.5, 0.6) is 0 Å². The summed E-state index contributed by atoms with van der Waals surface area (Å²) < 4.78 is 32.2. The van der Waals surface area contributed by atoms with Crippen LogP contribution in [0.1, 0.15) is 40.5 Å². The van der Waals surface area contributed by atoms with Gasteiger partial charge in [-0.2, -0.15) is 5.10 Å². The predicted molar refractivity (Wildman–Crippen MR) is 116 cm³/mol. The average molecular weight is 479 g/mol. The number of nitrogens with zero attached hydrogens (tertiary/aromatic N) is 7. The molecular weight excluding hydrogens is 452 g/mol. The zero-order chi connectivity index (χ0) is 24.8. The Morgan fingerprint density at radius 3 is 2.47 bits per heavy atom. The van der Waals surface area contributed by atoms with Gasteiger partial charge in [0.25, 0.3) is 12.3 Å². The summed E-state index contributed by atoms with van der Waals surface area (Å²) in [5.41, 5.74) is -1.45. The Kier molecular flexibility index (Phi) is 5.90. The Hall–Kier alpha value is -3.38. The molecule has 4 heterocycles. The molecule has 2 aliphatic heterocycles. The van der Waals surface area contributed by atoms with E-state index in [2.05, 4.69) is 15.1 Å². The zero-order valence-electron chi connectivity index (χ0n) is 19.5. The number of imide groups is 1. The minimum atomic E-state index is -2.65. The van der Waals surface area contributed by atoms with Gasteiger partial charge in [0.15, 0.2) is 11.5 Å². The van der Waals surface area contributed by atoms with Gasteiger partial charge in [0, 0.05) is 19.6 Å². The Morgan fingerprint density at radius 1 is 1.21 bits per heavy atom. The van der Waals surface area contributed by atoms with E-state index in [9.17, 15) is 23.2 Å². The molecule has 4 amide bonds. The van der Waals surface area contributed by atoms with Gasteiger partial charge in [-0.15, -0.1) is 0 Å². The van der Waals surface area contributed by atoms with Gasteiger partial charge in [-0.3, -0.25) is 4.79 Å². The first-order valence-corrected chi connectivity index (χ1v) is 11.1. The van der Waals surface area contributed by atoms with E-state index in [-0.39, 0.29) is 49.5 Å². The van der Waals surface area contributed by atoms with E-state index in [4.69, 9.17) is 4.74 Å². The fourth-order valence-corrected chi connectivity index (χ4v) is 4.44. The molecule has 0 bridgehead atoms. The quantitative estimate of drug-likeness (QED) is 0.620. The molecular formula is C21H27F2N7O4. The predicted octanol–water partition coefficient (Wildman–Crippen LogP) is 2.65. The normalized spacial score (nSPS) is 18.6. The van der Waals surface area contributed by atoms with Crippen LogP contribution < -0.4 is 4.90 Å². The molecule has 2 saturated heterocycles. The fraction of sp³-hybridized carbons (Fsp3) is 0.619. The number of aromatic nitrogens is 4. The number of amides is 4. The fourth-order valence-electron chi connectivity index (χ4n) is 4.44. The lowest BCUT2D eigenvalue weighted by molar-refractivity contribution is -0.127. The van der Waals surface area contributed by atoms with Gasteiger partial charge in [0.05, 0.1) is 12.4 Å². The molecule has 0 saturated carbocycles. The van der Waals surface area contributed by atoms with Crippen molar-refractivity contribution in [1.29, 1.82) is 0 Å². The summed E-state index contributed by atoms with van der Waals surface area (Å²) in [7, 11) is 0. The number of likely N-dealkylation sites (N-methyl/N-ethyl adjacent to an activating group) is 1. The molecule has 0 aliphatic carbocycles. The van der Waals surface area contributed by atoms with E-state index < -0.39 is 42.1 Å². The van der Waals surface area contributed by atoms with Crippen LogP contribution in [-0.2, 0) is 16.1 Å². The molecule has 0 atom stereocenters. The maximum atomic E-state index is 13.6. The first-order chi connectivity index (χ1) is 16.0. The third kappa shape index (κ3) is 4.03. The van der Waals surface area contributed by atoms with E-state index in [0.29, 0.717) is 0 Å². The van der Waals surface area contributed by atoms with Crippen LogP contribution in [0.2, 0.25) is 0 Å². The van der Waals surface area contributed by atoms with Crippen molar-refractivity contribution in [2.75, 3.05) is 24.5 Å². The summed E-state index contributed by atoms with van der Waals surface area (Å²) in [6.45, 7) is 7.16. The molecule has 2 fully saturated rings. The lowest BCUT2D eigenvalue weighted by Gasteiger charge is -2.41. The molecule has 4 rings (SSSR count). The molecule has 184 valence electrons. The molecule has 2 aromatic heterocycles. The number of urea groups is 1. The van der Waals surface area contributed by atoms with Gasteiger partial charge in [0.1, 0.15) is 23.2 Å². The molecule has 11 nitrogen and oxygen atoms in total. The van der Waals surface area contributed by atoms with E-state index in [0.717, 1.165) is 9.58 Å². The number of likely N-dealkylation sites (tertiary alicyclic amines) is 1. The largest absolute Gasteiger partial charge is 0.444 e. The number of rotatable bonds is 4. The lowest BCUT2D eigenvalue weighted by atomic mass is 9.86. The lowest BCUT2D eigenvalue weighted by Crippen LogP contribution is -2.57. The van der Waals surface area contributed by atoms with Crippen molar-refractivity contribution in [1.82, 2.24) is 29.5 Å². The first-order valence-electron chi connectivity index (χ1n) is 11.1. The molecule has 34 heavy (non-hydrogen) atoms. The van der Waals surface area contributed by atoms with Crippen LogP contribution in [0.15, 0.2) is 12.4 Å². The highest BCUT2D eigenvalue weighted by Crippen LogP contribution is 2.39. The molecule has 0 unspecified atom stereocenters.